The Labute approximate surface area is 203 Å². The van der Waals surface area contributed by atoms with Gasteiger partial charge in [0.2, 0.25) is 11.2 Å². The molecule has 0 spiro atoms. The first-order valence-electron chi connectivity index (χ1n) is 10.6. The highest BCUT2D eigenvalue weighted by Gasteiger charge is 2.31. The first-order valence-corrected chi connectivity index (χ1v) is 10.6. The van der Waals surface area contributed by atoms with Gasteiger partial charge < -0.3 is 39.4 Å². The number of rotatable bonds is 6. The van der Waals surface area contributed by atoms with Crippen LogP contribution in [-0.4, -0.2) is 45.7 Å². The van der Waals surface area contributed by atoms with E-state index in [0.29, 0.717) is 11.3 Å². The van der Waals surface area contributed by atoms with Crippen molar-refractivity contribution in [2.45, 2.75) is 12.3 Å². The van der Waals surface area contributed by atoms with Crippen molar-refractivity contribution in [1.82, 2.24) is 0 Å². The molecule has 0 aliphatic carbocycles. The first-order chi connectivity index (χ1) is 17.2. The Morgan fingerprint density at radius 2 is 1.64 bits per heavy atom. The van der Waals surface area contributed by atoms with Gasteiger partial charge in [0.15, 0.2) is 17.3 Å². The van der Waals surface area contributed by atoms with Gasteiger partial charge in [0.1, 0.15) is 28.2 Å². The monoisotopic (exact) mass is 494 g/mol. The van der Waals surface area contributed by atoms with Crippen LogP contribution in [0, 0.1) is 0 Å². The maximum Gasteiger partial charge on any atom is 0.306 e. The Hall–Kier alpha value is -4.86. The number of ether oxygens (including phenoxy) is 2. The third-order valence-corrected chi connectivity index (χ3v) is 5.84. The summed E-state index contributed by atoms with van der Waals surface area (Å²) in [5.41, 5.74) is -0.893. The molecular weight excluding hydrogens is 472 g/mol. The minimum atomic E-state index is -1.02. The molecule has 3 aromatic carbocycles. The molecule has 10 nitrogen and oxygen atoms in total. The molecule has 4 rings (SSSR count). The van der Waals surface area contributed by atoms with Gasteiger partial charge in [0.05, 0.1) is 20.6 Å². The van der Waals surface area contributed by atoms with Crippen LogP contribution in [0.4, 0.5) is 0 Å². The van der Waals surface area contributed by atoms with Gasteiger partial charge in [-0.2, -0.15) is 0 Å². The van der Waals surface area contributed by atoms with Gasteiger partial charge in [-0.15, -0.1) is 0 Å². The summed E-state index contributed by atoms with van der Waals surface area (Å²) in [4.78, 5) is 25.5. The van der Waals surface area contributed by atoms with E-state index in [9.17, 15) is 35.1 Å². The van der Waals surface area contributed by atoms with Crippen LogP contribution in [0.1, 0.15) is 23.5 Å². The fraction of sp³-hybridized carbons (Fsp3) is 0.154. The number of fused-ring (bicyclic) bond motifs is 1. The van der Waals surface area contributed by atoms with Crippen molar-refractivity contribution in [2.75, 3.05) is 14.2 Å². The fourth-order valence-electron chi connectivity index (χ4n) is 4.11. The van der Waals surface area contributed by atoms with Crippen molar-refractivity contribution in [3.05, 3.63) is 69.9 Å². The predicted molar refractivity (Wildman–Crippen MR) is 128 cm³/mol. The van der Waals surface area contributed by atoms with Gasteiger partial charge in [0.25, 0.3) is 0 Å². The fourth-order valence-corrected chi connectivity index (χ4v) is 4.11. The molecule has 0 aliphatic rings. The highest BCUT2D eigenvalue weighted by atomic mass is 16.5. The van der Waals surface area contributed by atoms with Crippen molar-refractivity contribution in [3.8, 4) is 45.8 Å². The third-order valence-electron chi connectivity index (χ3n) is 5.84. The number of esters is 1. The summed E-state index contributed by atoms with van der Waals surface area (Å²) in [6.07, 6.45) is -0.301. The summed E-state index contributed by atoms with van der Waals surface area (Å²) in [5.74, 6) is -4.64. The van der Waals surface area contributed by atoms with Crippen molar-refractivity contribution in [3.63, 3.8) is 0 Å². The number of benzene rings is 3. The second-order valence-electron chi connectivity index (χ2n) is 7.92. The third kappa shape index (κ3) is 4.09. The molecule has 1 heterocycles. The summed E-state index contributed by atoms with van der Waals surface area (Å²) >= 11 is 0. The molecule has 0 saturated carbocycles. The Kier molecular flexibility index (Phi) is 6.35. The van der Waals surface area contributed by atoms with E-state index in [1.54, 1.807) is 24.3 Å². The van der Waals surface area contributed by atoms with Gasteiger partial charge in [0, 0.05) is 28.7 Å². The smallest absolute Gasteiger partial charge is 0.306 e. The van der Waals surface area contributed by atoms with Crippen LogP contribution < -0.4 is 10.2 Å². The number of carbonyl (C=O) groups excluding carboxylic acids is 1. The number of phenols is 4. The van der Waals surface area contributed by atoms with E-state index in [-0.39, 0.29) is 23.1 Å². The molecule has 0 amide bonds. The number of hydrogen-bond donors (Lipinski definition) is 5. The van der Waals surface area contributed by atoms with Crippen LogP contribution in [0.15, 0.2) is 57.7 Å². The molecule has 5 N–H and O–H groups in total. The van der Waals surface area contributed by atoms with Gasteiger partial charge in [-0.1, -0.05) is 18.2 Å². The Morgan fingerprint density at radius 1 is 0.917 bits per heavy atom. The number of phenolic OH excluding ortho intramolecular Hbond substituents is 4. The lowest BCUT2D eigenvalue weighted by atomic mass is 9.85. The molecule has 0 saturated heterocycles. The van der Waals surface area contributed by atoms with E-state index < -0.39 is 57.2 Å². The van der Waals surface area contributed by atoms with E-state index in [2.05, 4.69) is 0 Å². The van der Waals surface area contributed by atoms with E-state index in [1.165, 1.54) is 20.3 Å². The number of aromatic hydroxyl groups is 5. The molecule has 1 aromatic heterocycles. The van der Waals surface area contributed by atoms with Crippen molar-refractivity contribution in [2.24, 2.45) is 0 Å². The number of methoxy groups -OCH3 is 2. The van der Waals surface area contributed by atoms with Crippen molar-refractivity contribution < 1.29 is 44.2 Å². The second-order valence-corrected chi connectivity index (χ2v) is 7.92. The van der Waals surface area contributed by atoms with Crippen LogP contribution >= 0.6 is 0 Å². The van der Waals surface area contributed by atoms with E-state index >= 15 is 0 Å². The molecule has 0 unspecified atom stereocenters. The number of hydrogen-bond acceptors (Lipinski definition) is 10. The van der Waals surface area contributed by atoms with Gasteiger partial charge in [-0.3, -0.25) is 9.59 Å². The zero-order valence-corrected chi connectivity index (χ0v) is 19.2. The van der Waals surface area contributed by atoms with Gasteiger partial charge >= 0.3 is 5.97 Å². The highest BCUT2D eigenvalue weighted by molar-refractivity contribution is 5.92. The minimum absolute atomic E-state index is 0.0254. The van der Waals surface area contributed by atoms with Gasteiger partial charge in [-0.05, 0) is 24.3 Å². The van der Waals surface area contributed by atoms with Crippen LogP contribution in [0.3, 0.4) is 0 Å². The summed E-state index contributed by atoms with van der Waals surface area (Å²) < 4.78 is 16.2. The number of carbonyl (C=O) groups is 1. The van der Waals surface area contributed by atoms with Crippen LogP contribution in [-0.2, 0) is 9.53 Å². The molecule has 0 fully saturated rings. The zero-order valence-electron chi connectivity index (χ0n) is 19.2. The lowest BCUT2D eigenvalue weighted by Crippen LogP contribution is -2.13. The SMILES string of the molecule is COC(=O)C[C@@H](c1ccccc1OC)c1c(O)cc(O)c2c(=O)c(O)c(-c3ccc(O)c(O)c3)oc12. The zero-order chi connectivity index (χ0) is 26.1. The first kappa shape index (κ1) is 24.3. The second kappa shape index (κ2) is 9.41. The maximum atomic E-state index is 13.1. The van der Waals surface area contributed by atoms with Gasteiger partial charge in [-0.25, -0.2) is 0 Å². The topological polar surface area (TPSA) is 167 Å². The molecule has 0 aliphatic heterocycles. The Bertz CT molecular complexity index is 1540. The predicted octanol–water partition coefficient (Wildman–Crippen LogP) is 3.69. The lowest BCUT2D eigenvalue weighted by molar-refractivity contribution is -0.140. The molecular formula is C26H22O10. The summed E-state index contributed by atoms with van der Waals surface area (Å²) in [6.45, 7) is 0. The summed E-state index contributed by atoms with van der Waals surface area (Å²) in [7, 11) is 2.63. The van der Waals surface area contributed by atoms with E-state index in [0.717, 1.165) is 18.2 Å². The Morgan fingerprint density at radius 3 is 2.31 bits per heavy atom. The molecule has 186 valence electrons. The molecule has 0 bridgehead atoms. The average Bonchev–Trinajstić information content (AvgIpc) is 2.86. The standard InChI is InChI=1S/C26H22O10/c1-34-19-6-4-3-5-13(19)14(10-20(31)35-2)21-17(29)11-18(30)22-23(32)24(33)25(36-26(21)22)12-7-8-15(27)16(28)9-12/h3-9,11,14,27-30,33H,10H2,1-2H3/t14-/m0/s1. The Balaban J connectivity index is 2.11. The van der Waals surface area contributed by atoms with Crippen molar-refractivity contribution >= 4 is 16.9 Å². The van der Waals surface area contributed by atoms with E-state index in [1.807, 2.05) is 0 Å². The largest absolute Gasteiger partial charge is 0.507 e. The highest BCUT2D eigenvalue weighted by Crippen LogP contribution is 2.46. The van der Waals surface area contributed by atoms with Crippen molar-refractivity contribution in [1.29, 1.82) is 0 Å². The molecule has 4 aromatic rings. The van der Waals surface area contributed by atoms with Crippen LogP contribution in [0.5, 0.6) is 34.5 Å². The average molecular weight is 494 g/mol. The molecule has 10 heteroatoms. The molecule has 0 radical (unpaired) electrons. The van der Waals surface area contributed by atoms with Crippen LogP contribution in [0.25, 0.3) is 22.3 Å². The lowest BCUT2D eigenvalue weighted by Gasteiger charge is -2.22. The molecule has 1 atom stereocenters. The molecule has 36 heavy (non-hydrogen) atoms. The normalized spacial score (nSPS) is 11.8. The summed E-state index contributed by atoms with van der Waals surface area (Å²) in [6, 6.07) is 11.1. The van der Waals surface area contributed by atoms with Crippen LogP contribution in [0.2, 0.25) is 0 Å². The minimum Gasteiger partial charge on any atom is -0.507 e. The summed E-state index contributed by atoms with van der Waals surface area (Å²) in [5, 5.41) is 51.1. The maximum absolute atomic E-state index is 13.1. The quantitative estimate of drug-likeness (QED) is 0.197. The van der Waals surface area contributed by atoms with E-state index in [4.69, 9.17) is 13.9 Å². The number of para-hydroxylation sites is 1.